The average molecular weight is 475 g/mol. The van der Waals surface area contributed by atoms with E-state index in [9.17, 15) is 19.2 Å². The second-order valence-corrected chi connectivity index (χ2v) is 11.6. The van der Waals surface area contributed by atoms with Gasteiger partial charge < -0.3 is 9.47 Å². The quantitative estimate of drug-likeness (QED) is 0.571. The number of ether oxygens (including phenoxy) is 2. The van der Waals surface area contributed by atoms with Gasteiger partial charge in [0, 0.05) is 48.0 Å². The molecule has 0 aliphatic heterocycles. The Labute approximate surface area is 199 Å². The Kier molecular flexibility index (Phi) is 4.86. The summed E-state index contributed by atoms with van der Waals surface area (Å²) < 4.78 is 11.7. The lowest BCUT2D eigenvalue weighted by molar-refractivity contribution is -0.185. The summed E-state index contributed by atoms with van der Waals surface area (Å²) in [5.41, 5.74) is -1.36. The maximum Gasteiger partial charge on any atom is 0.303 e. The van der Waals surface area contributed by atoms with Gasteiger partial charge in [0.15, 0.2) is 17.2 Å². The van der Waals surface area contributed by atoms with Gasteiger partial charge in [-0.2, -0.15) is 0 Å². The first kappa shape index (κ1) is 22.8. The molecule has 7 heteroatoms. The van der Waals surface area contributed by atoms with Crippen LogP contribution in [-0.4, -0.2) is 35.2 Å². The van der Waals surface area contributed by atoms with Crippen molar-refractivity contribution in [2.75, 3.05) is 0 Å². The predicted octanol–water partition coefficient (Wildman–Crippen LogP) is 4.15. The summed E-state index contributed by atoms with van der Waals surface area (Å²) in [4.78, 5) is 49.8. The summed E-state index contributed by atoms with van der Waals surface area (Å²) in [5, 5.41) is 0.580. The zero-order valence-corrected chi connectivity index (χ0v) is 20.5. The first-order chi connectivity index (χ1) is 15.4. The van der Waals surface area contributed by atoms with E-state index >= 15 is 0 Å². The van der Waals surface area contributed by atoms with Gasteiger partial charge in [-0.25, -0.2) is 0 Å². The SMILES string of the molecule is CC(=O)O[C@@H]1C[C@](OC(C)=O)(C(C)=O)[C@@]2(C)CC[C@H]3[C@@H](C=C(Cl)C4=CC(=O)[C@@H]5C[C@@H]5[C@@]43C)[C@H]12. The molecule has 3 saturated carbocycles. The lowest BCUT2D eigenvalue weighted by Gasteiger charge is -2.58. The molecular weight excluding hydrogens is 444 g/mol. The van der Waals surface area contributed by atoms with Crippen LogP contribution in [0.5, 0.6) is 0 Å². The number of hydrogen-bond donors (Lipinski definition) is 0. The smallest absolute Gasteiger partial charge is 0.303 e. The minimum atomic E-state index is -1.35. The Morgan fingerprint density at radius 1 is 1.09 bits per heavy atom. The molecule has 178 valence electrons. The second kappa shape index (κ2) is 7.03. The standard InChI is InChI=1S/C26H31ClO6/c1-12(28)26(33-14(3)30)11-22(32-13(2)29)23-16-9-20(27)19-10-21(31)15-8-18(15)25(19,5)17(16)6-7-24(23,26)4/h9-10,15-18,22-23H,6-8,11H2,1-5H3/t15-,16-,17+,18+,22-,23-,24+,25+,26+/m1/s1. The Hall–Kier alpha value is -1.95. The van der Waals surface area contributed by atoms with Crippen LogP contribution in [0.4, 0.5) is 0 Å². The third-order valence-corrected chi connectivity index (χ3v) is 10.1. The van der Waals surface area contributed by atoms with E-state index < -0.39 is 29.1 Å². The second-order valence-electron chi connectivity index (χ2n) is 11.2. The number of rotatable bonds is 3. The zero-order valence-electron chi connectivity index (χ0n) is 19.8. The van der Waals surface area contributed by atoms with E-state index in [1.807, 2.05) is 13.0 Å². The number of fused-ring (bicyclic) bond motifs is 7. The Morgan fingerprint density at radius 3 is 2.39 bits per heavy atom. The molecule has 0 aromatic carbocycles. The Bertz CT molecular complexity index is 1040. The van der Waals surface area contributed by atoms with Gasteiger partial charge in [0.1, 0.15) is 6.10 Å². The molecule has 0 spiro atoms. The summed E-state index contributed by atoms with van der Waals surface area (Å²) >= 11 is 6.84. The molecular formula is C26H31ClO6. The number of Topliss-reactive ketones (excluding diaryl/α,β-unsaturated/α-hetero) is 1. The van der Waals surface area contributed by atoms with Crippen LogP contribution in [0.25, 0.3) is 0 Å². The Morgan fingerprint density at radius 2 is 1.79 bits per heavy atom. The number of halogens is 1. The van der Waals surface area contributed by atoms with Gasteiger partial charge in [-0.3, -0.25) is 19.2 Å². The van der Waals surface area contributed by atoms with Gasteiger partial charge in [-0.05, 0) is 55.6 Å². The third kappa shape index (κ3) is 2.85. The van der Waals surface area contributed by atoms with Crippen LogP contribution in [0.15, 0.2) is 22.8 Å². The molecule has 33 heavy (non-hydrogen) atoms. The molecule has 5 rings (SSSR count). The molecule has 0 radical (unpaired) electrons. The lowest BCUT2D eigenvalue weighted by Crippen LogP contribution is -2.59. The highest BCUT2D eigenvalue weighted by Gasteiger charge is 2.73. The molecule has 0 bridgehead atoms. The molecule has 0 N–H and O–H groups in total. The van der Waals surface area contributed by atoms with Gasteiger partial charge in [0.25, 0.3) is 0 Å². The van der Waals surface area contributed by atoms with Crippen molar-refractivity contribution < 1.29 is 28.7 Å². The maximum atomic E-state index is 13.1. The van der Waals surface area contributed by atoms with E-state index in [0.717, 1.165) is 18.4 Å². The molecule has 6 nitrogen and oxygen atoms in total. The van der Waals surface area contributed by atoms with E-state index in [1.54, 1.807) is 6.08 Å². The summed E-state index contributed by atoms with van der Waals surface area (Å²) in [5.74, 6) is -0.746. The molecule has 5 aliphatic rings. The van der Waals surface area contributed by atoms with Crippen molar-refractivity contribution in [2.45, 2.75) is 72.0 Å². The topological polar surface area (TPSA) is 86.7 Å². The van der Waals surface area contributed by atoms with Gasteiger partial charge in [0.2, 0.25) is 0 Å². The summed E-state index contributed by atoms with van der Waals surface area (Å²) in [6, 6.07) is 0. The van der Waals surface area contributed by atoms with Crippen molar-refractivity contribution in [1.29, 1.82) is 0 Å². The normalized spacial score (nSPS) is 47.2. The van der Waals surface area contributed by atoms with Crippen LogP contribution in [0, 0.1) is 40.4 Å². The minimum Gasteiger partial charge on any atom is -0.462 e. The number of allylic oxidation sites excluding steroid dienone is 4. The first-order valence-electron chi connectivity index (χ1n) is 11.9. The van der Waals surface area contributed by atoms with Crippen molar-refractivity contribution in [2.24, 2.45) is 40.4 Å². The largest absolute Gasteiger partial charge is 0.462 e. The monoisotopic (exact) mass is 474 g/mol. The molecule has 0 heterocycles. The molecule has 5 aliphatic carbocycles. The number of carbonyl (C=O) groups excluding carboxylic acids is 4. The Balaban J connectivity index is 1.66. The van der Waals surface area contributed by atoms with Crippen LogP contribution < -0.4 is 0 Å². The van der Waals surface area contributed by atoms with E-state index in [4.69, 9.17) is 21.1 Å². The number of ketones is 2. The summed E-state index contributed by atoms with van der Waals surface area (Å²) in [6.45, 7) is 8.37. The van der Waals surface area contributed by atoms with Crippen LogP contribution in [0.1, 0.15) is 60.3 Å². The van der Waals surface area contributed by atoms with Crippen molar-refractivity contribution in [3.63, 3.8) is 0 Å². The van der Waals surface area contributed by atoms with Crippen LogP contribution in [0.3, 0.4) is 0 Å². The van der Waals surface area contributed by atoms with Crippen molar-refractivity contribution in [3.05, 3.63) is 22.8 Å². The molecule has 3 fully saturated rings. The highest BCUT2D eigenvalue weighted by Crippen LogP contribution is 2.72. The summed E-state index contributed by atoms with van der Waals surface area (Å²) in [7, 11) is 0. The number of esters is 2. The van der Waals surface area contributed by atoms with Gasteiger partial charge >= 0.3 is 11.9 Å². The van der Waals surface area contributed by atoms with Gasteiger partial charge in [-0.1, -0.05) is 31.5 Å². The van der Waals surface area contributed by atoms with Crippen molar-refractivity contribution in [3.8, 4) is 0 Å². The first-order valence-corrected chi connectivity index (χ1v) is 12.3. The number of hydrogen-bond acceptors (Lipinski definition) is 6. The highest BCUT2D eigenvalue weighted by molar-refractivity contribution is 6.32. The van der Waals surface area contributed by atoms with Gasteiger partial charge in [-0.15, -0.1) is 0 Å². The van der Waals surface area contributed by atoms with E-state index in [0.29, 0.717) is 11.5 Å². The van der Waals surface area contributed by atoms with Crippen LogP contribution in [-0.2, 0) is 28.7 Å². The van der Waals surface area contributed by atoms with Gasteiger partial charge in [0.05, 0.1) is 0 Å². The van der Waals surface area contributed by atoms with Crippen molar-refractivity contribution in [1.82, 2.24) is 0 Å². The lowest BCUT2D eigenvalue weighted by atomic mass is 9.47. The van der Waals surface area contributed by atoms with Crippen LogP contribution in [0.2, 0.25) is 0 Å². The third-order valence-electron chi connectivity index (χ3n) is 9.76. The molecule has 0 aromatic rings. The van der Waals surface area contributed by atoms with Crippen LogP contribution >= 0.6 is 11.6 Å². The molecule has 0 saturated heterocycles. The average Bonchev–Trinajstić information content (AvgIpc) is 3.46. The van der Waals surface area contributed by atoms with E-state index in [-0.39, 0.29) is 53.0 Å². The maximum absolute atomic E-state index is 13.1. The van der Waals surface area contributed by atoms with E-state index in [2.05, 4.69) is 6.92 Å². The fourth-order valence-electron chi connectivity index (χ4n) is 8.37. The molecule has 0 aromatic heterocycles. The molecule has 0 amide bonds. The fraction of sp³-hybridized carbons (Fsp3) is 0.692. The molecule has 0 unspecified atom stereocenters. The highest BCUT2D eigenvalue weighted by atomic mass is 35.5. The number of carbonyl (C=O) groups is 4. The predicted molar refractivity (Wildman–Crippen MR) is 120 cm³/mol. The minimum absolute atomic E-state index is 0.0611. The van der Waals surface area contributed by atoms with E-state index in [1.165, 1.54) is 20.8 Å². The summed E-state index contributed by atoms with van der Waals surface area (Å²) in [6.07, 6.45) is 5.69. The zero-order chi connectivity index (χ0) is 24.1. The molecule has 9 atom stereocenters. The van der Waals surface area contributed by atoms with Crippen molar-refractivity contribution >= 4 is 35.1 Å². The fourth-order valence-corrected chi connectivity index (χ4v) is 8.77.